The van der Waals surface area contributed by atoms with Crippen LogP contribution in [-0.4, -0.2) is 23.1 Å². The molecule has 0 amide bonds. The fourth-order valence-electron chi connectivity index (χ4n) is 4.18. The van der Waals surface area contributed by atoms with Gasteiger partial charge in [-0.3, -0.25) is 5.43 Å². The Hall–Kier alpha value is -0.0800. The Kier molecular flexibility index (Phi) is 5.53. The van der Waals surface area contributed by atoms with Crippen molar-refractivity contribution in [3.8, 4) is 0 Å². The number of nitrogens with zero attached hydrogens (tertiary/aromatic N) is 1. The molecule has 0 bridgehead atoms. The molecule has 1 saturated carbocycles. The van der Waals surface area contributed by atoms with E-state index < -0.39 is 0 Å². The average molecular weight is 281 g/mol. The maximum absolute atomic E-state index is 3.90. The molecule has 2 fully saturated rings. The first-order chi connectivity index (χ1) is 9.38. The lowest BCUT2D eigenvalue weighted by Crippen LogP contribution is -2.55. The fourth-order valence-corrected chi connectivity index (χ4v) is 4.18. The second-order valence-electron chi connectivity index (χ2n) is 8.43. The molecule has 0 aromatic carbocycles. The third kappa shape index (κ3) is 4.21. The second-order valence-corrected chi connectivity index (χ2v) is 8.43. The zero-order valence-corrected chi connectivity index (χ0v) is 14.4. The summed E-state index contributed by atoms with van der Waals surface area (Å²) in [6.07, 6.45) is 11.1. The van der Waals surface area contributed by atoms with E-state index in [4.69, 9.17) is 0 Å². The first-order valence-corrected chi connectivity index (χ1v) is 8.92. The molecule has 1 aliphatic heterocycles. The molecule has 118 valence electrons. The van der Waals surface area contributed by atoms with E-state index >= 15 is 0 Å². The Morgan fingerprint density at radius 3 is 2.00 bits per heavy atom. The summed E-state index contributed by atoms with van der Waals surface area (Å²) >= 11 is 0. The van der Waals surface area contributed by atoms with Crippen molar-refractivity contribution >= 4 is 0 Å². The van der Waals surface area contributed by atoms with Crippen LogP contribution < -0.4 is 5.43 Å². The van der Waals surface area contributed by atoms with E-state index in [0.29, 0.717) is 23.5 Å². The number of nitrogens with one attached hydrogen (secondary N) is 1. The quantitative estimate of drug-likeness (QED) is 0.734. The highest BCUT2D eigenvalue weighted by atomic mass is 15.5. The van der Waals surface area contributed by atoms with Gasteiger partial charge in [0.15, 0.2) is 0 Å². The topological polar surface area (TPSA) is 15.3 Å². The normalized spacial score (nSPS) is 37.6. The van der Waals surface area contributed by atoms with E-state index in [9.17, 15) is 0 Å². The van der Waals surface area contributed by atoms with Crippen LogP contribution in [0.2, 0.25) is 0 Å². The van der Waals surface area contributed by atoms with Crippen LogP contribution in [0.15, 0.2) is 0 Å². The predicted octanol–water partition coefficient (Wildman–Crippen LogP) is 4.75. The zero-order chi connectivity index (χ0) is 14.8. The van der Waals surface area contributed by atoms with Crippen LogP contribution in [0.1, 0.15) is 86.0 Å². The number of hydrogen-bond acceptors (Lipinski definition) is 2. The van der Waals surface area contributed by atoms with Crippen molar-refractivity contribution in [3.63, 3.8) is 0 Å². The smallest absolute Gasteiger partial charge is 0.0218 e. The fraction of sp³-hybridized carbons (Fsp3) is 1.00. The van der Waals surface area contributed by atoms with Crippen LogP contribution in [-0.2, 0) is 0 Å². The molecular formula is C18H36N2. The molecular weight excluding hydrogens is 244 g/mol. The minimum atomic E-state index is 0.487. The molecule has 0 radical (unpaired) electrons. The van der Waals surface area contributed by atoms with Gasteiger partial charge in [0.1, 0.15) is 0 Å². The third-order valence-corrected chi connectivity index (χ3v) is 5.72. The van der Waals surface area contributed by atoms with Gasteiger partial charge in [0.25, 0.3) is 0 Å². The second kappa shape index (κ2) is 6.79. The molecule has 2 heteroatoms. The third-order valence-electron chi connectivity index (χ3n) is 5.72. The van der Waals surface area contributed by atoms with Crippen molar-refractivity contribution in [2.75, 3.05) is 0 Å². The van der Waals surface area contributed by atoms with Crippen LogP contribution in [0.5, 0.6) is 0 Å². The van der Waals surface area contributed by atoms with Gasteiger partial charge in [0, 0.05) is 18.1 Å². The molecule has 0 aromatic rings. The largest absolute Gasteiger partial charge is 0.252 e. The lowest BCUT2D eigenvalue weighted by molar-refractivity contribution is 0.0263. The van der Waals surface area contributed by atoms with Gasteiger partial charge in [0.05, 0.1) is 0 Å². The Bertz CT molecular complexity index is 284. The van der Waals surface area contributed by atoms with Gasteiger partial charge in [-0.2, -0.15) is 0 Å². The number of rotatable bonds is 2. The summed E-state index contributed by atoms with van der Waals surface area (Å²) in [4.78, 5) is 0. The van der Waals surface area contributed by atoms with Gasteiger partial charge in [-0.1, -0.05) is 33.6 Å². The van der Waals surface area contributed by atoms with Crippen molar-refractivity contribution in [2.24, 2.45) is 11.3 Å². The standard InChI is InChI=1S/C18H36N2/c1-14-8-6-9-15(2)20(14)19-17-11-7-10-16(12-13-17)18(3,4)5/h14-17,19H,6-13H2,1-5H3. The van der Waals surface area contributed by atoms with Crippen molar-refractivity contribution < 1.29 is 0 Å². The molecule has 2 aliphatic rings. The molecule has 4 unspecified atom stereocenters. The van der Waals surface area contributed by atoms with Crippen molar-refractivity contribution in [1.82, 2.24) is 10.4 Å². The first-order valence-electron chi connectivity index (χ1n) is 8.92. The van der Waals surface area contributed by atoms with Crippen molar-refractivity contribution in [3.05, 3.63) is 0 Å². The summed E-state index contributed by atoms with van der Waals surface area (Å²) in [7, 11) is 0. The zero-order valence-electron chi connectivity index (χ0n) is 14.4. The molecule has 0 spiro atoms. The Morgan fingerprint density at radius 1 is 0.800 bits per heavy atom. The van der Waals surface area contributed by atoms with Gasteiger partial charge in [-0.25, -0.2) is 5.01 Å². The lowest BCUT2D eigenvalue weighted by Gasteiger charge is -2.41. The molecule has 1 aliphatic carbocycles. The predicted molar refractivity (Wildman–Crippen MR) is 87.6 cm³/mol. The molecule has 1 N–H and O–H groups in total. The van der Waals surface area contributed by atoms with Gasteiger partial charge >= 0.3 is 0 Å². The van der Waals surface area contributed by atoms with E-state index in [2.05, 4.69) is 45.1 Å². The molecule has 2 nitrogen and oxygen atoms in total. The van der Waals surface area contributed by atoms with Gasteiger partial charge in [0.2, 0.25) is 0 Å². The summed E-state index contributed by atoms with van der Waals surface area (Å²) in [6, 6.07) is 2.13. The number of hydrogen-bond donors (Lipinski definition) is 1. The lowest BCUT2D eigenvalue weighted by atomic mass is 9.76. The van der Waals surface area contributed by atoms with Gasteiger partial charge in [-0.05, 0) is 63.7 Å². The van der Waals surface area contributed by atoms with Crippen LogP contribution in [0.4, 0.5) is 0 Å². The molecule has 1 heterocycles. The molecule has 20 heavy (non-hydrogen) atoms. The number of hydrazine groups is 1. The highest BCUT2D eigenvalue weighted by Gasteiger charge is 2.30. The van der Waals surface area contributed by atoms with E-state index in [1.807, 2.05) is 0 Å². The Labute approximate surface area is 126 Å². The summed E-state index contributed by atoms with van der Waals surface area (Å²) in [5.41, 5.74) is 4.39. The Morgan fingerprint density at radius 2 is 1.40 bits per heavy atom. The SMILES string of the molecule is CC1CCCC(C)N1NC1CCCC(C(C)(C)C)CC1. The minimum Gasteiger partial charge on any atom is -0.252 e. The van der Waals surface area contributed by atoms with Crippen LogP contribution in [0, 0.1) is 11.3 Å². The van der Waals surface area contributed by atoms with Crippen molar-refractivity contribution in [1.29, 1.82) is 0 Å². The monoisotopic (exact) mass is 280 g/mol. The van der Waals surface area contributed by atoms with E-state index in [1.54, 1.807) is 0 Å². The number of piperidine rings is 1. The van der Waals surface area contributed by atoms with Crippen LogP contribution in [0.25, 0.3) is 0 Å². The molecule has 2 rings (SSSR count). The summed E-state index contributed by atoms with van der Waals surface area (Å²) in [6.45, 7) is 12.0. The van der Waals surface area contributed by atoms with Crippen LogP contribution >= 0.6 is 0 Å². The summed E-state index contributed by atoms with van der Waals surface area (Å²) in [5.74, 6) is 0.908. The van der Waals surface area contributed by atoms with Crippen LogP contribution in [0.3, 0.4) is 0 Å². The summed E-state index contributed by atoms with van der Waals surface area (Å²) < 4.78 is 0. The summed E-state index contributed by atoms with van der Waals surface area (Å²) in [5, 5.41) is 2.57. The van der Waals surface area contributed by atoms with Gasteiger partial charge < -0.3 is 0 Å². The maximum atomic E-state index is 3.90. The van der Waals surface area contributed by atoms with Gasteiger partial charge in [-0.15, -0.1) is 0 Å². The van der Waals surface area contributed by atoms with E-state index in [-0.39, 0.29) is 0 Å². The van der Waals surface area contributed by atoms with E-state index in [1.165, 1.54) is 51.4 Å². The maximum Gasteiger partial charge on any atom is 0.0218 e. The molecule has 0 aromatic heterocycles. The molecule has 1 saturated heterocycles. The Balaban J connectivity index is 1.87. The first kappa shape index (κ1) is 16.3. The average Bonchev–Trinajstić information content (AvgIpc) is 2.59. The highest BCUT2D eigenvalue weighted by Crippen LogP contribution is 2.37. The van der Waals surface area contributed by atoms with E-state index in [0.717, 1.165) is 5.92 Å². The minimum absolute atomic E-state index is 0.487. The van der Waals surface area contributed by atoms with Crippen molar-refractivity contribution in [2.45, 2.75) is 104 Å². The molecule has 4 atom stereocenters. The highest BCUT2D eigenvalue weighted by molar-refractivity contribution is 4.83.